The van der Waals surface area contributed by atoms with Gasteiger partial charge < -0.3 is 9.64 Å². The van der Waals surface area contributed by atoms with Gasteiger partial charge in [-0.1, -0.05) is 36.0 Å². The molecule has 3 rings (SSSR count). The van der Waals surface area contributed by atoms with Crippen molar-refractivity contribution in [1.29, 1.82) is 0 Å². The Kier molecular flexibility index (Phi) is 5.55. The maximum absolute atomic E-state index is 11.8. The highest BCUT2D eigenvalue weighted by molar-refractivity contribution is 8.15. The number of rotatable bonds is 7. The zero-order valence-electron chi connectivity index (χ0n) is 13.8. The number of nitrogens with zero attached hydrogens (tertiary/aromatic N) is 2. The molecular weight excluding hydrogens is 338 g/mol. The van der Waals surface area contributed by atoms with Gasteiger partial charge >= 0.3 is 0 Å². The molecule has 0 radical (unpaired) electrons. The molecule has 2 amide bonds. The van der Waals surface area contributed by atoms with Crippen LogP contribution in [0.1, 0.15) is 5.56 Å². The van der Waals surface area contributed by atoms with E-state index < -0.39 is 5.25 Å². The largest absolute Gasteiger partial charge is 0.491 e. The van der Waals surface area contributed by atoms with Crippen LogP contribution >= 0.6 is 11.8 Å². The van der Waals surface area contributed by atoms with E-state index >= 15 is 0 Å². The van der Waals surface area contributed by atoms with E-state index in [1.807, 2.05) is 54.4 Å². The zero-order valence-corrected chi connectivity index (χ0v) is 14.7. The highest BCUT2D eigenvalue weighted by atomic mass is 32.2. The maximum atomic E-state index is 11.8. The summed E-state index contributed by atoms with van der Waals surface area (Å²) in [6.45, 7) is 1.18. The van der Waals surface area contributed by atoms with Gasteiger partial charge in [-0.05, 0) is 30.2 Å². The number of nitrogens with one attached hydrogen (secondary N) is 1. The molecule has 6 nitrogen and oxygen atoms in total. The number of amides is 2. The first kappa shape index (κ1) is 17.3. The monoisotopic (exact) mass is 357 g/mol. The second-order valence-corrected chi connectivity index (χ2v) is 6.83. The fraction of sp³-hybridized carbons (Fsp3) is 0.278. The van der Waals surface area contributed by atoms with Crippen molar-refractivity contribution in [2.45, 2.75) is 11.7 Å². The van der Waals surface area contributed by atoms with Crippen molar-refractivity contribution in [3.63, 3.8) is 0 Å². The molecular formula is C18H19N3O3S. The average molecular weight is 357 g/mol. The van der Waals surface area contributed by atoms with Crippen LogP contribution < -0.4 is 15.0 Å². The normalized spacial score (nSPS) is 16.6. The number of hydrogen-bond donors (Lipinski definition) is 1. The number of hydrogen-bond acceptors (Lipinski definition) is 6. The van der Waals surface area contributed by atoms with E-state index in [4.69, 9.17) is 4.74 Å². The van der Waals surface area contributed by atoms with Crippen LogP contribution in [0.5, 0.6) is 5.75 Å². The van der Waals surface area contributed by atoms with Crippen LogP contribution in [0, 0.1) is 0 Å². The molecule has 0 spiro atoms. The second kappa shape index (κ2) is 8.02. The molecule has 1 unspecified atom stereocenters. The van der Waals surface area contributed by atoms with Crippen molar-refractivity contribution in [3.05, 3.63) is 54.2 Å². The number of benzene rings is 1. The van der Waals surface area contributed by atoms with Crippen molar-refractivity contribution < 1.29 is 14.3 Å². The summed E-state index contributed by atoms with van der Waals surface area (Å²) in [6.07, 6.45) is 2.22. The van der Waals surface area contributed by atoms with Crippen LogP contribution in [-0.4, -0.2) is 41.6 Å². The fourth-order valence-electron chi connectivity index (χ4n) is 2.53. The van der Waals surface area contributed by atoms with Crippen LogP contribution in [0.3, 0.4) is 0 Å². The Morgan fingerprint density at radius 2 is 2.00 bits per heavy atom. The highest BCUT2D eigenvalue weighted by Gasteiger charge is 2.32. The van der Waals surface area contributed by atoms with Gasteiger partial charge in [0.15, 0.2) is 0 Å². The predicted molar refractivity (Wildman–Crippen MR) is 98.1 cm³/mol. The van der Waals surface area contributed by atoms with Crippen LogP contribution in [0.2, 0.25) is 0 Å². The van der Waals surface area contributed by atoms with Gasteiger partial charge in [0, 0.05) is 13.2 Å². The molecule has 1 aliphatic heterocycles. The molecule has 1 atom stereocenters. The van der Waals surface area contributed by atoms with Crippen molar-refractivity contribution in [3.8, 4) is 5.75 Å². The minimum absolute atomic E-state index is 0.236. The van der Waals surface area contributed by atoms with Gasteiger partial charge in [-0.15, -0.1) is 0 Å². The Labute approximate surface area is 150 Å². The first-order valence-corrected chi connectivity index (χ1v) is 8.86. The van der Waals surface area contributed by atoms with Crippen molar-refractivity contribution in [2.24, 2.45) is 0 Å². The van der Waals surface area contributed by atoms with Gasteiger partial charge in [0.25, 0.3) is 5.24 Å². The molecule has 0 aliphatic carbocycles. The highest BCUT2D eigenvalue weighted by Crippen LogP contribution is 2.27. The molecule has 7 heteroatoms. The average Bonchev–Trinajstić information content (AvgIpc) is 2.94. The molecule has 2 heterocycles. The number of anilines is 1. The summed E-state index contributed by atoms with van der Waals surface area (Å²) >= 11 is 1.03. The Morgan fingerprint density at radius 3 is 2.72 bits per heavy atom. The fourth-order valence-corrected chi connectivity index (χ4v) is 3.37. The SMILES string of the molecule is CN(CCOc1ccccc1CC1SC(=O)NC1=O)c1ccccn1. The molecule has 0 bridgehead atoms. The topological polar surface area (TPSA) is 71.5 Å². The Bertz CT molecular complexity index is 754. The smallest absolute Gasteiger partial charge is 0.286 e. The lowest BCUT2D eigenvalue weighted by Gasteiger charge is -2.19. The molecule has 130 valence electrons. The molecule has 2 aromatic rings. The van der Waals surface area contributed by atoms with Crippen molar-refractivity contribution >= 4 is 28.7 Å². The van der Waals surface area contributed by atoms with Gasteiger partial charge in [-0.25, -0.2) is 4.98 Å². The molecule has 1 aromatic heterocycles. The molecule has 1 saturated heterocycles. The number of carbonyl (C=O) groups is 2. The van der Waals surface area contributed by atoms with E-state index in [1.54, 1.807) is 6.20 Å². The first-order valence-electron chi connectivity index (χ1n) is 7.98. The summed E-state index contributed by atoms with van der Waals surface area (Å²) in [5.74, 6) is 1.39. The third-order valence-corrected chi connectivity index (χ3v) is 4.85. The lowest BCUT2D eigenvalue weighted by atomic mass is 10.1. The minimum Gasteiger partial charge on any atom is -0.491 e. The molecule has 1 fully saturated rings. The van der Waals surface area contributed by atoms with E-state index in [2.05, 4.69) is 10.3 Å². The van der Waals surface area contributed by atoms with Gasteiger partial charge in [0.05, 0.1) is 11.8 Å². The van der Waals surface area contributed by atoms with Crippen molar-refractivity contribution in [2.75, 3.05) is 25.1 Å². The number of carbonyl (C=O) groups excluding carboxylic acids is 2. The van der Waals surface area contributed by atoms with Crippen LogP contribution in [0.25, 0.3) is 0 Å². The molecule has 1 aromatic carbocycles. The summed E-state index contributed by atoms with van der Waals surface area (Å²) < 4.78 is 5.91. The Balaban J connectivity index is 1.58. The van der Waals surface area contributed by atoms with E-state index in [0.717, 1.165) is 28.9 Å². The molecule has 25 heavy (non-hydrogen) atoms. The number of likely N-dealkylation sites (N-methyl/N-ethyl adjacent to an activating group) is 1. The molecule has 1 N–H and O–H groups in total. The maximum Gasteiger partial charge on any atom is 0.286 e. The Hall–Kier alpha value is -2.54. The summed E-state index contributed by atoms with van der Waals surface area (Å²) in [5.41, 5.74) is 0.922. The standard InChI is InChI=1S/C18H19N3O3S/c1-21(16-8-4-5-9-19-16)10-11-24-14-7-3-2-6-13(14)12-15-17(22)20-18(23)25-15/h2-9,15H,10-12H2,1H3,(H,20,22,23). The summed E-state index contributed by atoms with van der Waals surface area (Å²) in [6, 6.07) is 13.4. The van der Waals surface area contributed by atoms with Crippen LogP contribution in [0.4, 0.5) is 10.6 Å². The number of pyridine rings is 1. The number of para-hydroxylation sites is 1. The summed E-state index contributed by atoms with van der Waals surface area (Å²) in [4.78, 5) is 29.4. The van der Waals surface area contributed by atoms with E-state index in [0.29, 0.717) is 19.6 Å². The minimum atomic E-state index is -0.395. The van der Waals surface area contributed by atoms with Crippen LogP contribution in [-0.2, 0) is 11.2 Å². The predicted octanol–water partition coefficient (Wildman–Crippen LogP) is 2.49. The van der Waals surface area contributed by atoms with Crippen LogP contribution in [0.15, 0.2) is 48.7 Å². The first-order chi connectivity index (χ1) is 12.1. The Morgan fingerprint density at radius 1 is 1.20 bits per heavy atom. The number of imide groups is 1. The zero-order chi connectivity index (χ0) is 17.6. The number of ether oxygens (including phenoxy) is 1. The lowest BCUT2D eigenvalue weighted by molar-refractivity contribution is -0.118. The number of aromatic nitrogens is 1. The lowest BCUT2D eigenvalue weighted by Crippen LogP contribution is -2.26. The summed E-state index contributed by atoms with van der Waals surface area (Å²) in [5, 5.41) is 1.63. The third-order valence-electron chi connectivity index (χ3n) is 3.87. The van der Waals surface area contributed by atoms with Gasteiger partial charge in [0.1, 0.15) is 18.2 Å². The third kappa shape index (κ3) is 4.51. The van der Waals surface area contributed by atoms with E-state index in [1.165, 1.54) is 0 Å². The van der Waals surface area contributed by atoms with Gasteiger partial charge in [-0.2, -0.15) is 0 Å². The number of thioether (sulfide) groups is 1. The second-order valence-electron chi connectivity index (χ2n) is 5.65. The molecule has 1 aliphatic rings. The van der Waals surface area contributed by atoms with E-state index in [9.17, 15) is 9.59 Å². The van der Waals surface area contributed by atoms with Crippen molar-refractivity contribution in [1.82, 2.24) is 10.3 Å². The van der Waals surface area contributed by atoms with Gasteiger partial charge in [0.2, 0.25) is 5.91 Å². The van der Waals surface area contributed by atoms with Gasteiger partial charge in [-0.3, -0.25) is 14.9 Å². The van der Waals surface area contributed by atoms with E-state index in [-0.39, 0.29) is 11.1 Å². The summed E-state index contributed by atoms with van der Waals surface area (Å²) in [7, 11) is 1.96. The quantitative estimate of drug-likeness (QED) is 0.821. The molecule has 0 saturated carbocycles.